The Kier molecular flexibility index (Phi) is 1.65. The molecule has 2 rings (SSSR count). The second kappa shape index (κ2) is 2.50. The van der Waals surface area contributed by atoms with E-state index in [1.54, 1.807) is 0 Å². The minimum absolute atomic E-state index is 0.0511. The maximum absolute atomic E-state index is 5.71. The largest absolute Gasteiger partial charge is 0.382 e. The first-order chi connectivity index (χ1) is 5.98. The van der Waals surface area contributed by atoms with E-state index >= 15 is 0 Å². The van der Waals surface area contributed by atoms with Crippen molar-refractivity contribution in [2.75, 3.05) is 5.73 Å². The van der Waals surface area contributed by atoms with E-state index in [4.69, 9.17) is 5.73 Å². The Morgan fingerprint density at radius 1 is 1.46 bits per heavy atom. The lowest BCUT2D eigenvalue weighted by atomic mass is 10.1. The monoisotopic (exact) mass is 179 g/mol. The van der Waals surface area contributed by atoms with E-state index < -0.39 is 0 Å². The fourth-order valence-corrected chi connectivity index (χ4v) is 1.62. The van der Waals surface area contributed by atoms with Gasteiger partial charge in [-0.05, 0) is 33.6 Å². The third kappa shape index (κ3) is 1.55. The molecule has 3 nitrogen and oxygen atoms in total. The van der Waals surface area contributed by atoms with Crippen molar-refractivity contribution < 1.29 is 0 Å². The van der Waals surface area contributed by atoms with Crippen LogP contribution in [0, 0.1) is 0 Å². The van der Waals surface area contributed by atoms with E-state index in [1.165, 1.54) is 18.5 Å². The molecule has 0 saturated heterocycles. The van der Waals surface area contributed by atoms with Gasteiger partial charge in [0, 0.05) is 17.7 Å². The van der Waals surface area contributed by atoms with Gasteiger partial charge in [-0.15, -0.1) is 0 Å². The first-order valence-electron chi connectivity index (χ1n) is 4.84. The summed E-state index contributed by atoms with van der Waals surface area (Å²) in [6, 6.07) is 2.02. The zero-order valence-electron chi connectivity index (χ0n) is 8.54. The van der Waals surface area contributed by atoms with Crippen LogP contribution >= 0.6 is 0 Å². The van der Waals surface area contributed by atoms with E-state index in [-0.39, 0.29) is 5.54 Å². The second-order valence-corrected chi connectivity index (χ2v) is 4.85. The van der Waals surface area contributed by atoms with Crippen LogP contribution in [-0.4, -0.2) is 9.78 Å². The van der Waals surface area contributed by atoms with Gasteiger partial charge in [-0.1, -0.05) is 0 Å². The van der Waals surface area contributed by atoms with Gasteiger partial charge in [0.15, 0.2) is 0 Å². The van der Waals surface area contributed by atoms with Crippen molar-refractivity contribution in [3.63, 3.8) is 0 Å². The normalized spacial score (nSPS) is 17.8. The average molecular weight is 179 g/mol. The molecule has 3 heteroatoms. The molecular formula is C10H17N3. The van der Waals surface area contributed by atoms with Gasteiger partial charge in [0.2, 0.25) is 0 Å². The smallest absolute Gasteiger partial charge is 0.145 e. The van der Waals surface area contributed by atoms with Gasteiger partial charge < -0.3 is 5.73 Å². The summed E-state index contributed by atoms with van der Waals surface area (Å²) < 4.78 is 2.07. The molecule has 1 fully saturated rings. The molecule has 1 aliphatic rings. The predicted molar refractivity (Wildman–Crippen MR) is 53.6 cm³/mol. The van der Waals surface area contributed by atoms with Crippen molar-refractivity contribution in [2.24, 2.45) is 0 Å². The number of aromatic nitrogens is 2. The molecule has 0 aliphatic heterocycles. The molecule has 0 unspecified atom stereocenters. The van der Waals surface area contributed by atoms with E-state index in [1.807, 2.05) is 6.07 Å². The maximum Gasteiger partial charge on any atom is 0.145 e. The van der Waals surface area contributed by atoms with Crippen LogP contribution in [0.4, 0.5) is 5.82 Å². The van der Waals surface area contributed by atoms with Gasteiger partial charge in [0.25, 0.3) is 0 Å². The number of nitrogens with two attached hydrogens (primary N) is 1. The van der Waals surface area contributed by atoms with Crippen molar-refractivity contribution in [1.29, 1.82) is 0 Å². The molecule has 0 aromatic carbocycles. The highest BCUT2D eigenvalue weighted by molar-refractivity contribution is 5.33. The Labute approximate surface area is 78.9 Å². The molecule has 13 heavy (non-hydrogen) atoms. The van der Waals surface area contributed by atoms with E-state index in [2.05, 4.69) is 30.6 Å². The average Bonchev–Trinajstić information content (AvgIpc) is 2.73. The summed E-state index contributed by atoms with van der Waals surface area (Å²) in [5, 5.41) is 4.34. The standard InChI is InChI=1S/C10H17N3/c1-10(2,3)13-8(7-4-5-7)6-9(11)12-13/h6-7H,4-5H2,1-3H3,(H2,11,12). The van der Waals surface area contributed by atoms with Crippen LogP contribution in [0.1, 0.15) is 45.2 Å². The zero-order valence-corrected chi connectivity index (χ0v) is 8.54. The van der Waals surface area contributed by atoms with E-state index in [0.29, 0.717) is 11.7 Å². The van der Waals surface area contributed by atoms with Gasteiger partial charge in [0.1, 0.15) is 5.82 Å². The van der Waals surface area contributed by atoms with Crippen LogP contribution < -0.4 is 5.73 Å². The molecule has 0 spiro atoms. The molecule has 0 amide bonds. The first kappa shape index (κ1) is 8.60. The quantitative estimate of drug-likeness (QED) is 0.717. The number of anilines is 1. The molecular weight excluding hydrogens is 162 g/mol. The number of nitrogen functional groups attached to an aromatic ring is 1. The third-order valence-corrected chi connectivity index (χ3v) is 2.39. The summed E-state index contributed by atoms with van der Waals surface area (Å²) in [5.74, 6) is 1.36. The minimum atomic E-state index is 0.0511. The molecule has 0 bridgehead atoms. The van der Waals surface area contributed by atoms with E-state index in [0.717, 1.165) is 0 Å². The number of hydrogen-bond donors (Lipinski definition) is 1. The van der Waals surface area contributed by atoms with Gasteiger partial charge in [-0.25, -0.2) is 0 Å². The molecule has 0 atom stereocenters. The highest BCUT2D eigenvalue weighted by Crippen LogP contribution is 2.41. The number of hydrogen-bond acceptors (Lipinski definition) is 2. The van der Waals surface area contributed by atoms with Crippen molar-refractivity contribution in [3.05, 3.63) is 11.8 Å². The van der Waals surface area contributed by atoms with Gasteiger partial charge in [-0.2, -0.15) is 5.10 Å². The molecule has 1 saturated carbocycles. The summed E-state index contributed by atoms with van der Waals surface area (Å²) in [5.41, 5.74) is 7.07. The Hall–Kier alpha value is -0.990. The highest BCUT2D eigenvalue weighted by Gasteiger charge is 2.30. The lowest BCUT2D eigenvalue weighted by Crippen LogP contribution is -2.25. The van der Waals surface area contributed by atoms with Crippen molar-refractivity contribution in [3.8, 4) is 0 Å². The predicted octanol–water partition coefficient (Wildman–Crippen LogP) is 2.10. The fraction of sp³-hybridized carbons (Fsp3) is 0.700. The van der Waals surface area contributed by atoms with Crippen molar-refractivity contribution in [2.45, 2.75) is 45.1 Å². The Balaban J connectivity index is 2.42. The maximum atomic E-state index is 5.71. The van der Waals surface area contributed by atoms with Crippen LogP contribution in [0.15, 0.2) is 6.07 Å². The third-order valence-electron chi connectivity index (χ3n) is 2.39. The fourth-order valence-electron chi connectivity index (χ4n) is 1.62. The Bertz CT molecular complexity index is 315. The molecule has 0 radical (unpaired) electrons. The zero-order chi connectivity index (χ0) is 9.64. The number of nitrogens with zero attached hydrogens (tertiary/aromatic N) is 2. The summed E-state index contributed by atoms with van der Waals surface area (Å²) in [6.45, 7) is 6.47. The van der Waals surface area contributed by atoms with Crippen molar-refractivity contribution in [1.82, 2.24) is 9.78 Å². The second-order valence-electron chi connectivity index (χ2n) is 4.85. The molecule has 1 aromatic rings. The van der Waals surface area contributed by atoms with Crippen LogP contribution in [0.5, 0.6) is 0 Å². The summed E-state index contributed by atoms with van der Waals surface area (Å²) in [7, 11) is 0. The van der Waals surface area contributed by atoms with Gasteiger partial charge >= 0.3 is 0 Å². The van der Waals surface area contributed by atoms with Crippen LogP contribution in [0.25, 0.3) is 0 Å². The van der Waals surface area contributed by atoms with Crippen molar-refractivity contribution >= 4 is 5.82 Å². The Morgan fingerprint density at radius 3 is 2.54 bits per heavy atom. The summed E-state index contributed by atoms with van der Waals surface area (Å²) in [4.78, 5) is 0. The molecule has 72 valence electrons. The minimum Gasteiger partial charge on any atom is -0.382 e. The highest BCUT2D eigenvalue weighted by atomic mass is 15.3. The van der Waals surface area contributed by atoms with Crippen LogP contribution in [0.3, 0.4) is 0 Å². The summed E-state index contributed by atoms with van der Waals surface area (Å²) in [6.07, 6.45) is 2.59. The SMILES string of the molecule is CC(C)(C)n1nc(N)cc1C1CC1. The molecule has 1 heterocycles. The van der Waals surface area contributed by atoms with Crippen LogP contribution in [0.2, 0.25) is 0 Å². The van der Waals surface area contributed by atoms with E-state index in [9.17, 15) is 0 Å². The number of rotatable bonds is 1. The lowest BCUT2D eigenvalue weighted by molar-refractivity contribution is 0.344. The van der Waals surface area contributed by atoms with Gasteiger partial charge in [0.05, 0.1) is 5.54 Å². The summed E-state index contributed by atoms with van der Waals surface area (Å²) >= 11 is 0. The first-order valence-corrected chi connectivity index (χ1v) is 4.84. The topological polar surface area (TPSA) is 43.8 Å². The van der Waals surface area contributed by atoms with Gasteiger partial charge in [-0.3, -0.25) is 4.68 Å². The van der Waals surface area contributed by atoms with Crippen LogP contribution in [-0.2, 0) is 5.54 Å². The Morgan fingerprint density at radius 2 is 2.08 bits per heavy atom. The lowest BCUT2D eigenvalue weighted by Gasteiger charge is -2.22. The molecule has 2 N–H and O–H groups in total. The molecule has 1 aliphatic carbocycles. The molecule has 1 aromatic heterocycles.